The Morgan fingerprint density at radius 1 is 1.08 bits per heavy atom. The van der Waals surface area contributed by atoms with Crippen LogP contribution in [-0.2, 0) is 0 Å². The minimum atomic E-state index is -0.428. The summed E-state index contributed by atoms with van der Waals surface area (Å²) in [6.07, 6.45) is 5.23. The number of hydrogen-bond donors (Lipinski definition) is 3. The molecule has 1 saturated carbocycles. The SMILES string of the molecule is CSc1ccc(-c2ccc(C(N)=O)c(NC3CCC(O)CC3)c2)cc1. The van der Waals surface area contributed by atoms with E-state index in [0.717, 1.165) is 42.5 Å². The van der Waals surface area contributed by atoms with E-state index in [1.165, 1.54) is 4.90 Å². The van der Waals surface area contributed by atoms with Crippen molar-refractivity contribution in [1.82, 2.24) is 0 Å². The van der Waals surface area contributed by atoms with Gasteiger partial charge < -0.3 is 16.2 Å². The number of hydrogen-bond acceptors (Lipinski definition) is 4. The van der Waals surface area contributed by atoms with Crippen LogP contribution in [0.1, 0.15) is 36.0 Å². The van der Waals surface area contributed by atoms with Crippen LogP contribution in [0.2, 0.25) is 0 Å². The summed E-state index contributed by atoms with van der Waals surface area (Å²) >= 11 is 1.71. The summed E-state index contributed by atoms with van der Waals surface area (Å²) in [5.41, 5.74) is 8.99. The number of nitrogens with one attached hydrogen (secondary N) is 1. The molecule has 0 saturated heterocycles. The smallest absolute Gasteiger partial charge is 0.250 e. The highest BCUT2D eigenvalue weighted by molar-refractivity contribution is 7.98. The molecule has 1 fully saturated rings. The van der Waals surface area contributed by atoms with Crippen LogP contribution in [0.4, 0.5) is 5.69 Å². The standard InChI is InChI=1S/C20H24N2O2S/c1-25-17-9-2-13(3-10-17)14-4-11-18(20(21)24)19(12-14)22-15-5-7-16(23)8-6-15/h2-4,9-12,15-16,22-23H,5-8H2,1H3,(H2,21,24). The van der Waals surface area contributed by atoms with Crippen LogP contribution in [0.5, 0.6) is 0 Å². The van der Waals surface area contributed by atoms with Gasteiger partial charge in [-0.25, -0.2) is 0 Å². The molecule has 2 aromatic rings. The zero-order valence-electron chi connectivity index (χ0n) is 14.4. The molecule has 0 bridgehead atoms. The molecule has 1 amide bonds. The van der Waals surface area contributed by atoms with E-state index < -0.39 is 5.91 Å². The number of anilines is 1. The van der Waals surface area contributed by atoms with Crippen LogP contribution in [0.15, 0.2) is 47.4 Å². The predicted molar refractivity (Wildman–Crippen MR) is 104 cm³/mol. The second-order valence-corrected chi connectivity index (χ2v) is 7.38. The highest BCUT2D eigenvalue weighted by atomic mass is 32.2. The number of carbonyl (C=O) groups excluding carboxylic acids is 1. The fraction of sp³-hybridized carbons (Fsp3) is 0.350. The fourth-order valence-corrected chi connectivity index (χ4v) is 3.69. The molecule has 0 heterocycles. The first kappa shape index (κ1) is 17.8. The zero-order chi connectivity index (χ0) is 17.8. The van der Waals surface area contributed by atoms with Gasteiger partial charge in [0.25, 0.3) is 5.91 Å². The van der Waals surface area contributed by atoms with Crippen LogP contribution in [0, 0.1) is 0 Å². The molecular formula is C20H24N2O2S. The first-order valence-corrected chi connectivity index (χ1v) is 9.82. The Kier molecular flexibility index (Phi) is 5.66. The van der Waals surface area contributed by atoms with Gasteiger partial charge in [-0.15, -0.1) is 11.8 Å². The van der Waals surface area contributed by atoms with E-state index in [1.807, 2.05) is 12.1 Å². The summed E-state index contributed by atoms with van der Waals surface area (Å²) in [5, 5.41) is 13.1. The molecular weight excluding hydrogens is 332 g/mol. The van der Waals surface area contributed by atoms with Gasteiger partial charge in [-0.2, -0.15) is 0 Å². The third-order valence-electron chi connectivity index (χ3n) is 4.76. The molecule has 4 N–H and O–H groups in total. The van der Waals surface area contributed by atoms with Gasteiger partial charge in [0.15, 0.2) is 0 Å². The Morgan fingerprint density at radius 3 is 2.32 bits per heavy atom. The molecule has 0 unspecified atom stereocenters. The Balaban J connectivity index is 1.87. The van der Waals surface area contributed by atoms with E-state index in [4.69, 9.17) is 5.73 Å². The van der Waals surface area contributed by atoms with E-state index in [2.05, 4.69) is 35.8 Å². The van der Waals surface area contributed by atoms with Crippen molar-refractivity contribution in [3.05, 3.63) is 48.0 Å². The quantitative estimate of drug-likeness (QED) is 0.711. The lowest BCUT2D eigenvalue weighted by atomic mass is 9.92. The molecule has 0 atom stereocenters. The van der Waals surface area contributed by atoms with E-state index in [-0.39, 0.29) is 12.1 Å². The van der Waals surface area contributed by atoms with Crippen molar-refractivity contribution in [2.24, 2.45) is 5.73 Å². The van der Waals surface area contributed by atoms with Gasteiger partial charge >= 0.3 is 0 Å². The number of nitrogens with two attached hydrogens (primary N) is 1. The molecule has 0 aliphatic heterocycles. The maximum absolute atomic E-state index is 11.8. The van der Waals surface area contributed by atoms with Gasteiger partial charge in [0.1, 0.15) is 0 Å². The number of aliphatic hydroxyl groups is 1. The Morgan fingerprint density at radius 2 is 1.72 bits per heavy atom. The minimum Gasteiger partial charge on any atom is -0.393 e. The predicted octanol–water partition coefficient (Wildman–Crippen LogP) is 3.89. The van der Waals surface area contributed by atoms with E-state index >= 15 is 0 Å². The summed E-state index contributed by atoms with van der Waals surface area (Å²) in [6.45, 7) is 0. The second kappa shape index (κ2) is 7.93. The van der Waals surface area contributed by atoms with Crippen LogP contribution >= 0.6 is 11.8 Å². The minimum absolute atomic E-state index is 0.199. The first-order chi connectivity index (χ1) is 12.1. The molecule has 1 aliphatic carbocycles. The van der Waals surface area contributed by atoms with E-state index in [1.54, 1.807) is 17.8 Å². The number of aliphatic hydroxyl groups excluding tert-OH is 1. The normalized spacial score (nSPS) is 20.2. The monoisotopic (exact) mass is 356 g/mol. The third-order valence-corrected chi connectivity index (χ3v) is 5.51. The summed E-state index contributed by atoms with van der Waals surface area (Å²) in [4.78, 5) is 13.0. The molecule has 5 heteroatoms. The molecule has 25 heavy (non-hydrogen) atoms. The molecule has 132 valence electrons. The van der Waals surface area contributed by atoms with E-state index in [0.29, 0.717) is 5.56 Å². The number of primary amides is 1. The van der Waals surface area contributed by atoms with Crippen molar-refractivity contribution in [2.75, 3.05) is 11.6 Å². The maximum atomic E-state index is 11.8. The average molecular weight is 356 g/mol. The number of thioether (sulfide) groups is 1. The van der Waals surface area contributed by atoms with Crippen molar-refractivity contribution < 1.29 is 9.90 Å². The van der Waals surface area contributed by atoms with Crippen LogP contribution in [0.3, 0.4) is 0 Å². The fourth-order valence-electron chi connectivity index (χ4n) is 3.28. The zero-order valence-corrected chi connectivity index (χ0v) is 15.2. The highest BCUT2D eigenvalue weighted by Crippen LogP contribution is 2.30. The van der Waals surface area contributed by atoms with Crippen LogP contribution < -0.4 is 11.1 Å². The van der Waals surface area contributed by atoms with E-state index in [9.17, 15) is 9.90 Å². The van der Waals surface area contributed by atoms with Gasteiger partial charge in [0.05, 0.1) is 11.7 Å². The van der Waals surface area contributed by atoms with Crippen LogP contribution in [-0.4, -0.2) is 29.4 Å². The van der Waals surface area contributed by atoms with Crippen molar-refractivity contribution in [1.29, 1.82) is 0 Å². The largest absolute Gasteiger partial charge is 0.393 e. The average Bonchev–Trinajstić information content (AvgIpc) is 2.63. The Hall–Kier alpha value is -1.98. The summed E-state index contributed by atoms with van der Waals surface area (Å²) < 4.78 is 0. The lowest BCUT2D eigenvalue weighted by Gasteiger charge is -2.28. The molecule has 0 radical (unpaired) electrons. The van der Waals surface area contributed by atoms with Gasteiger partial charge in [-0.3, -0.25) is 4.79 Å². The first-order valence-electron chi connectivity index (χ1n) is 8.59. The Labute approximate surface area is 152 Å². The highest BCUT2D eigenvalue weighted by Gasteiger charge is 2.21. The maximum Gasteiger partial charge on any atom is 0.250 e. The molecule has 2 aromatic carbocycles. The number of amides is 1. The lowest BCUT2D eigenvalue weighted by molar-refractivity contribution is 0.100. The molecule has 0 aromatic heterocycles. The van der Waals surface area contributed by atoms with Crippen molar-refractivity contribution in [3.63, 3.8) is 0 Å². The third kappa shape index (κ3) is 4.35. The molecule has 0 spiro atoms. The van der Waals surface area contributed by atoms with Gasteiger partial charge in [-0.1, -0.05) is 18.2 Å². The number of benzene rings is 2. The molecule has 3 rings (SSSR count). The van der Waals surface area contributed by atoms with Crippen molar-refractivity contribution in [3.8, 4) is 11.1 Å². The summed E-state index contributed by atoms with van der Waals surface area (Å²) in [5.74, 6) is -0.428. The second-order valence-electron chi connectivity index (χ2n) is 6.50. The lowest BCUT2D eigenvalue weighted by Crippen LogP contribution is -2.29. The van der Waals surface area contributed by atoms with Crippen molar-refractivity contribution in [2.45, 2.75) is 42.7 Å². The van der Waals surface area contributed by atoms with Crippen LogP contribution in [0.25, 0.3) is 11.1 Å². The molecule has 4 nitrogen and oxygen atoms in total. The Bertz CT molecular complexity index is 738. The van der Waals surface area contributed by atoms with Crippen molar-refractivity contribution >= 4 is 23.4 Å². The van der Waals surface area contributed by atoms with Gasteiger partial charge in [-0.05, 0) is 67.3 Å². The van der Waals surface area contributed by atoms with Gasteiger partial charge in [0.2, 0.25) is 0 Å². The number of carbonyl (C=O) groups is 1. The van der Waals surface area contributed by atoms with Gasteiger partial charge in [0, 0.05) is 16.6 Å². The molecule has 1 aliphatic rings. The topological polar surface area (TPSA) is 75.4 Å². The summed E-state index contributed by atoms with van der Waals surface area (Å²) in [7, 11) is 0. The number of rotatable bonds is 5. The summed E-state index contributed by atoms with van der Waals surface area (Å²) in [6, 6.07) is 14.4.